The number of rotatable bonds is 6. The number of amides is 2. The lowest BCUT2D eigenvalue weighted by atomic mass is 10.2. The average Bonchev–Trinajstić information content (AvgIpc) is 3.23. The SMILES string of the molecule is O=C(CCc1nnc(C(=O)Nc2ccc(F)cc2)s1)Nc1ccc2c(c1)OCCO2. The van der Waals surface area contributed by atoms with E-state index in [4.69, 9.17) is 9.47 Å². The molecule has 2 N–H and O–H groups in total. The van der Waals surface area contributed by atoms with E-state index in [9.17, 15) is 14.0 Å². The third-order valence-electron chi connectivity index (χ3n) is 4.16. The standard InChI is InChI=1S/C20H17FN4O4S/c21-12-1-3-13(4-2-12)23-19(27)20-25-24-18(30-20)8-7-17(26)22-14-5-6-15-16(11-14)29-10-9-28-15/h1-6,11H,7-10H2,(H,22,26)(H,23,27). The van der Waals surface area contributed by atoms with Gasteiger partial charge < -0.3 is 20.1 Å². The van der Waals surface area contributed by atoms with Gasteiger partial charge in [0.05, 0.1) is 0 Å². The van der Waals surface area contributed by atoms with Gasteiger partial charge in [0, 0.05) is 30.3 Å². The Morgan fingerprint density at radius 2 is 1.70 bits per heavy atom. The minimum Gasteiger partial charge on any atom is -0.486 e. The fourth-order valence-corrected chi connectivity index (χ4v) is 3.46. The van der Waals surface area contributed by atoms with Gasteiger partial charge in [-0.25, -0.2) is 4.39 Å². The van der Waals surface area contributed by atoms with Crippen molar-refractivity contribution in [2.24, 2.45) is 0 Å². The molecule has 10 heteroatoms. The summed E-state index contributed by atoms with van der Waals surface area (Å²) in [5.74, 6) is 0.227. The quantitative estimate of drug-likeness (QED) is 0.625. The first-order valence-electron chi connectivity index (χ1n) is 9.15. The summed E-state index contributed by atoms with van der Waals surface area (Å²) in [7, 11) is 0. The third-order valence-corrected chi connectivity index (χ3v) is 5.14. The summed E-state index contributed by atoms with van der Waals surface area (Å²) >= 11 is 1.11. The second-order valence-electron chi connectivity index (χ2n) is 6.37. The highest BCUT2D eigenvalue weighted by Crippen LogP contribution is 2.32. The Morgan fingerprint density at radius 3 is 2.50 bits per heavy atom. The van der Waals surface area contributed by atoms with Crippen molar-refractivity contribution in [3.63, 3.8) is 0 Å². The molecule has 1 aliphatic heterocycles. The summed E-state index contributed by atoms with van der Waals surface area (Å²) in [5, 5.41) is 14.0. The number of ether oxygens (including phenoxy) is 2. The van der Waals surface area contributed by atoms with Gasteiger partial charge in [0.15, 0.2) is 11.5 Å². The number of hydrogen-bond donors (Lipinski definition) is 2. The number of carbonyl (C=O) groups is 2. The van der Waals surface area contributed by atoms with Crippen LogP contribution in [-0.4, -0.2) is 35.2 Å². The number of aromatic nitrogens is 2. The minimum absolute atomic E-state index is 0.168. The van der Waals surface area contributed by atoms with Crippen LogP contribution in [0.3, 0.4) is 0 Å². The molecule has 0 saturated heterocycles. The third kappa shape index (κ3) is 4.90. The van der Waals surface area contributed by atoms with Crippen molar-refractivity contribution in [2.45, 2.75) is 12.8 Å². The minimum atomic E-state index is -0.439. The Kier molecular flexibility index (Phi) is 5.84. The van der Waals surface area contributed by atoms with E-state index >= 15 is 0 Å². The summed E-state index contributed by atoms with van der Waals surface area (Å²) in [4.78, 5) is 24.4. The van der Waals surface area contributed by atoms with Crippen LogP contribution in [0.25, 0.3) is 0 Å². The largest absolute Gasteiger partial charge is 0.486 e. The van der Waals surface area contributed by atoms with E-state index in [1.165, 1.54) is 24.3 Å². The number of aryl methyl sites for hydroxylation is 1. The molecule has 0 unspecified atom stereocenters. The Balaban J connectivity index is 1.29. The number of anilines is 2. The Bertz CT molecular complexity index is 1070. The molecular weight excluding hydrogens is 411 g/mol. The van der Waals surface area contributed by atoms with Gasteiger partial charge in [0.2, 0.25) is 10.9 Å². The fourth-order valence-electron chi connectivity index (χ4n) is 2.73. The van der Waals surface area contributed by atoms with E-state index in [-0.39, 0.29) is 23.2 Å². The fraction of sp³-hybridized carbons (Fsp3) is 0.200. The predicted octanol–water partition coefficient (Wildman–Crippen LogP) is 3.27. The van der Waals surface area contributed by atoms with Crippen LogP contribution >= 0.6 is 11.3 Å². The molecule has 0 saturated carbocycles. The molecule has 2 heterocycles. The van der Waals surface area contributed by atoms with Crippen LogP contribution in [0, 0.1) is 5.82 Å². The molecule has 2 amide bonds. The highest BCUT2D eigenvalue weighted by atomic mass is 32.1. The van der Waals surface area contributed by atoms with Crippen LogP contribution < -0.4 is 20.1 Å². The molecule has 0 radical (unpaired) electrons. The molecular formula is C20H17FN4O4S. The summed E-state index contributed by atoms with van der Waals surface area (Å²) in [5.41, 5.74) is 1.07. The van der Waals surface area contributed by atoms with Gasteiger partial charge in [0.1, 0.15) is 24.0 Å². The number of nitrogens with zero attached hydrogens (tertiary/aromatic N) is 2. The Hall–Kier alpha value is -3.53. The number of benzene rings is 2. The predicted molar refractivity (Wildman–Crippen MR) is 109 cm³/mol. The topological polar surface area (TPSA) is 102 Å². The maximum Gasteiger partial charge on any atom is 0.286 e. The molecule has 8 nitrogen and oxygen atoms in total. The van der Waals surface area contributed by atoms with E-state index in [1.54, 1.807) is 18.2 Å². The number of halogens is 1. The molecule has 0 fully saturated rings. The van der Waals surface area contributed by atoms with Crippen LogP contribution in [-0.2, 0) is 11.2 Å². The van der Waals surface area contributed by atoms with E-state index < -0.39 is 5.91 Å². The first-order chi connectivity index (χ1) is 14.6. The summed E-state index contributed by atoms with van der Waals surface area (Å²) in [6.45, 7) is 0.975. The Labute approximate surface area is 175 Å². The highest BCUT2D eigenvalue weighted by molar-refractivity contribution is 7.13. The van der Waals surface area contributed by atoms with Gasteiger partial charge in [-0.15, -0.1) is 10.2 Å². The zero-order valence-electron chi connectivity index (χ0n) is 15.7. The molecule has 30 heavy (non-hydrogen) atoms. The van der Waals surface area contributed by atoms with Crippen LogP contribution in [0.5, 0.6) is 11.5 Å². The van der Waals surface area contributed by atoms with Crippen molar-refractivity contribution in [1.82, 2.24) is 10.2 Å². The van der Waals surface area contributed by atoms with Gasteiger partial charge in [-0.05, 0) is 36.4 Å². The van der Waals surface area contributed by atoms with Crippen molar-refractivity contribution in [1.29, 1.82) is 0 Å². The normalized spacial score (nSPS) is 12.3. The van der Waals surface area contributed by atoms with Crippen LogP contribution in [0.2, 0.25) is 0 Å². The molecule has 0 atom stereocenters. The first-order valence-corrected chi connectivity index (χ1v) is 9.97. The van der Waals surface area contributed by atoms with Crippen molar-refractivity contribution in [3.05, 3.63) is 58.3 Å². The number of carbonyl (C=O) groups excluding carboxylic acids is 2. The summed E-state index contributed by atoms with van der Waals surface area (Å²) < 4.78 is 23.9. The van der Waals surface area contributed by atoms with Gasteiger partial charge >= 0.3 is 0 Å². The molecule has 154 valence electrons. The Morgan fingerprint density at radius 1 is 0.967 bits per heavy atom. The lowest BCUT2D eigenvalue weighted by molar-refractivity contribution is -0.116. The monoisotopic (exact) mass is 428 g/mol. The number of nitrogens with one attached hydrogen (secondary N) is 2. The van der Waals surface area contributed by atoms with E-state index in [0.717, 1.165) is 11.3 Å². The summed E-state index contributed by atoms with van der Waals surface area (Å²) in [6, 6.07) is 10.6. The second-order valence-corrected chi connectivity index (χ2v) is 7.43. The van der Waals surface area contributed by atoms with Crippen molar-refractivity contribution < 1.29 is 23.5 Å². The zero-order chi connectivity index (χ0) is 20.9. The molecule has 3 aromatic rings. The molecule has 4 rings (SSSR count). The lowest BCUT2D eigenvalue weighted by Crippen LogP contribution is -2.16. The van der Waals surface area contributed by atoms with Gasteiger partial charge in [-0.3, -0.25) is 9.59 Å². The average molecular weight is 428 g/mol. The van der Waals surface area contributed by atoms with Crippen molar-refractivity contribution >= 4 is 34.5 Å². The second kappa shape index (κ2) is 8.87. The molecule has 1 aliphatic rings. The van der Waals surface area contributed by atoms with Crippen LogP contribution in [0.15, 0.2) is 42.5 Å². The zero-order valence-corrected chi connectivity index (χ0v) is 16.5. The number of fused-ring (bicyclic) bond motifs is 1. The maximum absolute atomic E-state index is 12.9. The first kappa shape index (κ1) is 19.8. The molecule has 1 aromatic heterocycles. The molecule has 0 spiro atoms. The molecule has 2 aromatic carbocycles. The summed E-state index contributed by atoms with van der Waals surface area (Å²) in [6.07, 6.45) is 0.528. The van der Waals surface area contributed by atoms with E-state index in [2.05, 4.69) is 20.8 Å². The lowest BCUT2D eigenvalue weighted by Gasteiger charge is -2.18. The van der Waals surface area contributed by atoms with Crippen molar-refractivity contribution in [3.8, 4) is 11.5 Å². The smallest absolute Gasteiger partial charge is 0.286 e. The van der Waals surface area contributed by atoms with E-state index in [0.29, 0.717) is 47.5 Å². The van der Waals surface area contributed by atoms with E-state index in [1.807, 2.05) is 0 Å². The van der Waals surface area contributed by atoms with Crippen LogP contribution in [0.1, 0.15) is 21.2 Å². The molecule has 0 aliphatic carbocycles. The van der Waals surface area contributed by atoms with Crippen LogP contribution in [0.4, 0.5) is 15.8 Å². The van der Waals surface area contributed by atoms with Crippen molar-refractivity contribution in [2.75, 3.05) is 23.8 Å². The van der Waals surface area contributed by atoms with Gasteiger partial charge in [-0.1, -0.05) is 11.3 Å². The van der Waals surface area contributed by atoms with Gasteiger partial charge in [-0.2, -0.15) is 0 Å². The molecule has 0 bridgehead atoms. The highest BCUT2D eigenvalue weighted by Gasteiger charge is 2.15. The maximum atomic E-state index is 12.9. The number of hydrogen-bond acceptors (Lipinski definition) is 7. The van der Waals surface area contributed by atoms with Gasteiger partial charge in [0.25, 0.3) is 5.91 Å².